The summed E-state index contributed by atoms with van der Waals surface area (Å²) >= 11 is 3.52. The molecule has 2 unspecified atom stereocenters. The highest BCUT2D eigenvalue weighted by atomic mass is 79.9. The highest BCUT2D eigenvalue weighted by molar-refractivity contribution is 9.10. The summed E-state index contributed by atoms with van der Waals surface area (Å²) in [5, 5.41) is 1.00. The van der Waals surface area contributed by atoms with Gasteiger partial charge in [0.2, 0.25) is 0 Å². The second kappa shape index (κ2) is 6.69. The Morgan fingerprint density at radius 3 is 2.72 bits per heavy atom. The lowest BCUT2D eigenvalue weighted by atomic mass is 10.1. The van der Waals surface area contributed by atoms with Crippen molar-refractivity contribution < 1.29 is 9.13 Å². The fraction of sp³-hybridized carbons (Fsp3) is 0.263. The number of hydrogen-bond donors (Lipinski definition) is 0. The van der Waals surface area contributed by atoms with E-state index in [2.05, 4.69) is 30.8 Å². The van der Waals surface area contributed by atoms with E-state index in [9.17, 15) is 4.39 Å². The van der Waals surface area contributed by atoms with Crippen LogP contribution in [0.15, 0.2) is 53.3 Å². The number of nitrogens with zero attached hydrogens (tertiary/aromatic N) is 3. The van der Waals surface area contributed by atoms with Crippen molar-refractivity contribution in [2.45, 2.75) is 19.1 Å². The molecule has 1 aliphatic heterocycles. The van der Waals surface area contributed by atoms with Crippen molar-refractivity contribution in [1.82, 2.24) is 9.97 Å². The summed E-state index contributed by atoms with van der Waals surface area (Å²) in [4.78, 5) is 11.1. The van der Waals surface area contributed by atoms with Crippen LogP contribution in [0, 0.1) is 5.82 Å². The van der Waals surface area contributed by atoms with Crippen LogP contribution in [0.2, 0.25) is 0 Å². The number of benzene rings is 2. The quantitative estimate of drug-likeness (QED) is 0.633. The predicted molar refractivity (Wildman–Crippen MR) is 99.1 cm³/mol. The van der Waals surface area contributed by atoms with Crippen LogP contribution in [0.25, 0.3) is 10.9 Å². The summed E-state index contributed by atoms with van der Waals surface area (Å²) in [6, 6.07) is 12.5. The molecule has 2 heterocycles. The first-order valence-electron chi connectivity index (χ1n) is 8.16. The molecule has 0 bridgehead atoms. The molecule has 0 aliphatic carbocycles. The van der Waals surface area contributed by atoms with E-state index in [-0.39, 0.29) is 18.0 Å². The molecule has 0 radical (unpaired) electrons. The van der Waals surface area contributed by atoms with Crippen molar-refractivity contribution in [3.8, 4) is 0 Å². The average Bonchev–Trinajstić information content (AvgIpc) is 2.61. The van der Waals surface area contributed by atoms with Gasteiger partial charge in [0.25, 0.3) is 0 Å². The minimum atomic E-state index is -0.240. The Labute approximate surface area is 153 Å². The maximum atomic E-state index is 13.2. The van der Waals surface area contributed by atoms with Crippen LogP contribution in [0.5, 0.6) is 0 Å². The SMILES string of the molecule is CC1CN(c2ncnc3ccc(Br)cc23)CC(c2ccc(F)cc2)O1. The average molecular weight is 402 g/mol. The van der Waals surface area contributed by atoms with Gasteiger partial charge in [0.05, 0.1) is 11.6 Å². The number of fused-ring (bicyclic) bond motifs is 1. The molecule has 128 valence electrons. The molecule has 1 fully saturated rings. The van der Waals surface area contributed by atoms with Crippen molar-refractivity contribution in [1.29, 1.82) is 0 Å². The van der Waals surface area contributed by atoms with Crippen LogP contribution < -0.4 is 4.90 Å². The minimum Gasteiger partial charge on any atom is -0.367 e. The number of halogens is 2. The highest BCUT2D eigenvalue weighted by Gasteiger charge is 2.28. The van der Waals surface area contributed by atoms with Crippen LogP contribution in [0.1, 0.15) is 18.6 Å². The van der Waals surface area contributed by atoms with Gasteiger partial charge in [-0.05, 0) is 42.8 Å². The van der Waals surface area contributed by atoms with Gasteiger partial charge in [0, 0.05) is 22.9 Å². The Morgan fingerprint density at radius 2 is 1.92 bits per heavy atom. The first kappa shape index (κ1) is 16.4. The van der Waals surface area contributed by atoms with E-state index in [4.69, 9.17) is 4.74 Å². The molecular weight excluding hydrogens is 385 g/mol. The number of rotatable bonds is 2. The topological polar surface area (TPSA) is 38.2 Å². The van der Waals surface area contributed by atoms with E-state index in [1.165, 1.54) is 12.1 Å². The fourth-order valence-electron chi connectivity index (χ4n) is 3.25. The number of hydrogen-bond acceptors (Lipinski definition) is 4. The van der Waals surface area contributed by atoms with E-state index in [1.54, 1.807) is 18.5 Å². The van der Waals surface area contributed by atoms with E-state index < -0.39 is 0 Å². The monoisotopic (exact) mass is 401 g/mol. The van der Waals surface area contributed by atoms with Crippen LogP contribution in [0.3, 0.4) is 0 Å². The van der Waals surface area contributed by atoms with E-state index in [0.717, 1.165) is 33.3 Å². The van der Waals surface area contributed by atoms with E-state index in [1.807, 2.05) is 25.1 Å². The number of morpholine rings is 1. The van der Waals surface area contributed by atoms with Gasteiger partial charge in [-0.3, -0.25) is 0 Å². The molecule has 4 rings (SSSR count). The molecule has 2 aromatic carbocycles. The Kier molecular flexibility index (Phi) is 4.39. The molecule has 0 N–H and O–H groups in total. The molecule has 0 saturated carbocycles. The maximum Gasteiger partial charge on any atom is 0.140 e. The van der Waals surface area contributed by atoms with Gasteiger partial charge in [-0.2, -0.15) is 0 Å². The van der Waals surface area contributed by atoms with Gasteiger partial charge in [-0.1, -0.05) is 28.1 Å². The Hall–Kier alpha value is -2.05. The molecule has 4 nitrogen and oxygen atoms in total. The standard InChI is InChI=1S/C19H17BrFN3O/c1-12-9-24(10-18(25-12)13-2-5-15(21)6-3-13)19-16-8-14(20)4-7-17(16)22-11-23-19/h2-8,11-12,18H,9-10H2,1H3. The van der Waals surface area contributed by atoms with Crippen LogP contribution in [-0.4, -0.2) is 29.2 Å². The van der Waals surface area contributed by atoms with Crippen molar-refractivity contribution in [2.75, 3.05) is 18.0 Å². The first-order chi connectivity index (χ1) is 12.1. The third-order valence-electron chi connectivity index (χ3n) is 4.38. The zero-order valence-corrected chi connectivity index (χ0v) is 15.3. The van der Waals surface area contributed by atoms with Gasteiger partial charge in [-0.15, -0.1) is 0 Å². The summed E-state index contributed by atoms with van der Waals surface area (Å²) in [5.41, 5.74) is 1.88. The molecule has 0 amide bonds. The summed E-state index contributed by atoms with van der Waals surface area (Å²) < 4.78 is 20.3. The second-order valence-electron chi connectivity index (χ2n) is 6.25. The van der Waals surface area contributed by atoms with Crippen molar-refractivity contribution in [3.05, 3.63) is 64.6 Å². The Balaban J connectivity index is 1.70. The minimum absolute atomic E-state index is 0.0426. The molecular formula is C19H17BrFN3O. The summed E-state index contributed by atoms with van der Waals surface area (Å²) in [5.74, 6) is 0.657. The molecule has 1 aliphatic rings. The number of anilines is 1. The predicted octanol–water partition coefficient (Wildman–Crippen LogP) is 4.50. The second-order valence-corrected chi connectivity index (χ2v) is 7.17. The van der Waals surface area contributed by atoms with Crippen molar-refractivity contribution in [2.24, 2.45) is 0 Å². The molecule has 1 aromatic heterocycles. The number of aromatic nitrogens is 2. The first-order valence-corrected chi connectivity index (χ1v) is 8.95. The lowest BCUT2D eigenvalue weighted by Gasteiger charge is -2.38. The highest BCUT2D eigenvalue weighted by Crippen LogP contribution is 2.32. The van der Waals surface area contributed by atoms with Crippen molar-refractivity contribution >= 4 is 32.7 Å². The van der Waals surface area contributed by atoms with Crippen molar-refractivity contribution in [3.63, 3.8) is 0 Å². The zero-order chi connectivity index (χ0) is 17.4. The fourth-order valence-corrected chi connectivity index (χ4v) is 3.61. The molecule has 1 saturated heterocycles. The third-order valence-corrected chi connectivity index (χ3v) is 4.87. The van der Waals surface area contributed by atoms with Gasteiger partial charge >= 0.3 is 0 Å². The van der Waals surface area contributed by atoms with Gasteiger partial charge < -0.3 is 9.64 Å². The van der Waals surface area contributed by atoms with Gasteiger partial charge in [0.1, 0.15) is 24.1 Å². The Morgan fingerprint density at radius 1 is 1.12 bits per heavy atom. The molecule has 0 spiro atoms. The molecule has 3 aromatic rings. The van der Waals surface area contributed by atoms with Crippen LogP contribution in [0.4, 0.5) is 10.2 Å². The smallest absolute Gasteiger partial charge is 0.140 e. The third kappa shape index (κ3) is 3.37. The van der Waals surface area contributed by atoms with E-state index in [0.29, 0.717) is 6.54 Å². The van der Waals surface area contributed by atoms with E-state index >= 15 is 0 Å². The summed E-state index contributed by atoms with van der Waals surface area (Å²) in [7, 11) is 0. The van der Waals surface area contributed by atoms with Gasteiger partial charge in [0.15, 0.2) is 0 Å². The lowest BCUT2D eigenvalue weighted by Crippen LogP contribution is -2.43. The lowest BCUT2D eigenvalue weighted by molar-refractivity contribution is -0.0175. The Bertz CT molecular complexity index is 903. The summed E-state index contributed by atoms with van der Waals surface area (Å²) in [6.45, 7) is 3.45. The van der Waals surface area contributed by atoms with Gasteiger partial charge in [-0.25, -0.2) is 14.4 Å². The number of ether oxygens (including phenoxy) is 1. The van der Waals surface area contributed by atoms with Crippen LogP contribution in [-0.2, 0) is 4.74 Å². The largest absolute Gasteiger partial charge is 0.367 e. The molecule has 6 heteroatoms. The normalized spacial score (nSPS) is 20.8. The van der Waals surface area contributed by atoms with Crippen LogP contribution >= 0.6 is 15.9 Å². The maximum absolute atomic E-state index is 13.2. The molecule has 25 heavy (non-hydrogen) atoms. The molecule has 2 atom stereocenters. The summed E-state index contributed by atoms with van der Waals surface area (Å²) in [6.07, 6.45) is 1.51. The zero-order valence-electron chi connectivity index (χ0n) is 13.7.